The van der Waals surface area contributed by atoms with Crippen LogP contribution in [0.3, 0.4) is 0 Å². The summed E-state index contributed by atoms with van der Waals surface area (Å²) in [5.41, 5.74) is 1.09. The summed E-state index contributed by atoms with van der Waals surface area (Å²) in [6.07, 6.45) is 0.440. The molecule has 0 heterocycles. The van der Waals surface area contributed by atoms with Crippen LogP contribution in [0, 0.1) is 10.1 Å². The number of non-ortho nitro benzene ring substituents is 1. The van der Waals surface area contributed by atoms with Crippen molar-refractivity contribution in [2.45, 2.75) is 12.1 Å². The average Bonchev–Trinajstić information content (AvgIpc) is 2.62. The second kappa shape index (κ2) is 8.19. The zero-order valence-corrected chi connectivity index (χ0v) is 13.1. The highest BCUT2D eigenvalue weighted by atomic mass is 16.6. The lowest BCUT2D eigenvalue weighted by Gasteiger charge is -2.17. The topological polar surface area (TPSA) is 105 Å². The van der Waals surface area contributed by atoms with Crippen LogP contribution in [0.4, 0.5) is 5.69 Å². The van der Waals surface area contributed by atoms with E-state index in [1.54, 1.807) is 19.2 Å². The second-order valence-corrected chi connectivity index (χ2v) is 5.06. The summed E-state index contributed by atoms with van der Waals surface area (Å²) in [6.45, 7) is -0.371. The van der Waals surface area contributed by atoms with Crippen molar-refractivity contribution in [1.29, 1.82) is 0 Å². The Kier molecular flexibility index (Phi) is 6.00. The third kappa shape index (κ3) is 4.15. The molecule has 2 aromatic rings. The monoisotopic (exact) mass is 330 g/mol. The lowest BCUT2D eigenvalue weighted by Crippen LogP contribution is -2.21. The zero-order chi connectivity index (χ0) is 17.5. The van der Waals surface area contributed by atoms with Gasteiger partial charge in [-0.25, -0.2) is 0 Å². The summed E-state index contributed by atoms with van der Waals surface area (Å²) < 4.78 is 5.21. The van der Waals surface area contributed by atoms with Gasteiger partial charge in [0.2, 0.25) is 0 Å². The van der Waals surface area contributed by atoms with E-state index in [0.717, 1.165) is 0 Å². The van der Waals surface area contributed by atoms with Crippen LogP contribution in [0.15, 0.2) is 53.5 Å². The van der Waals surface area contributed by atoms with Gasteiger partial charge in [0.1, 0.15) is 17.9 Å². The summed E-state index contributed by atoms with van der Waals surface area (Å²) in [5.74, 6) is 0.628. The SMILES string of the molecule is COc1ccccc1C=NC(CO)C(O)c1ccc([N+](=O)[O-])cc1. The molecule has 0 aliphatic heterocycles. The van der Waals surface area contributed by atoms with Gasteiger partial charge in [-0.15, -0.1) is 0 Å². The van der Waals surface area contributed by atoms with Crippen LogP contribution in [-0.4, -0.2) is 41.1 Å². The number of hydrogen-bond acceptors (Lipinski definition) is 6. The molecule has 0 radical (unpaired) electrons. The molecule has 2 N–H and O–H groups in total. The Balaban J connectivity index is 2.17. The summed E-state index contributed by atoms with van der Waals surface area (Å²) in [7, 11) is 1.54. The minimum atomic E-state index is -1.08. The number of para-hydroxylation sites is 1. The molecule has 2 aromatic carbocycles. The Bertz CT molecular complexity index is 715. The maximum Gasteiger partial charge on any atom is 0.269 e. The lowest BCUT2D eigenvalue weighted by molar-refractivity contribution is -0.384. The minimum Gasteiger partial charge on any atom is -0.496 e. The molecule has 24 heavy (non-hydrogen) atoms. The Morgan fingerprint density at radius 3 is 2.50 bits per heavy atom. The fourth-order valence-corrected chi connectivity index (χ4v) is 2.19. The van der Waals surface area contributed by atoms with Gasteiger partial charge in [0, 0.05) is 23.9 Å². The van der Waals surface area contributed by atoms with Crippen LogP contribution in [0.1, 0.15) is 17.2 Å². The highest BCUT2D eigenvalue weighted by molar-refractivity contribution is 5.83. The molecule has 0 aliphatic carbocycles. The predicted octanol–water partition coefficient (Wildman–Crippen LogP) is 2.12. The summed E-state index contributed by atoms with van der Waals surface area (Å²) in [6, 6.07) is 11.9. The molecule has 0 fully saturated rings. The number of rotatable bonds is 7. The predicted molar refractivity (Wildman–Crippen MR) is 89.5 cm³/mol. The van der Waals surface area contributed by atoms with Gasteiger partial charge in [0.05, 0.1) is 18.6 Å². The fourth-order valence-electron chi connectivity index (χ4n) is 2.19. The maximum atomic E-state index is 10.7. The molecular formula is C17H18N2O5. The molecule has 7 nitrogen and oxygen atoms in total. The van der Waals surface area contributed by atoms with E-state index >= 15 is 0 Å². The van der Waals surface area contributed by atoms with Gasteiger partial charge in [-0.1, -0.05) is 12.1 Å². The van der Waals surface area contributed by atoms with Crippen LogP contribution < -0.4 is 4.74 Å². The lowest BCUT2D eigenvalue weighted by atomic mass is 10.0. The number of benzene rings is 2. The molecule has 2 rings (SSSR count). The van der Waals surface area contributed by atoms with Gasteiger partial charge in [-0.3, -0.25) is 15.1 Å². The number of ether oxygens (including phenoxy) is 1. The van der Waals surface area contributed by atoms with E-state index in [2.05, 4.69) is 4.99 Å². The van der Waals surface area contributed by atoms with Gasteiger partial charge in [0.15, 0.2) is 0 Å². The van der Waals surface area contributed by atoms with E-state index in [1.807, 2.05) is 12.1 Å². The van der Waals surface area contributed by atoms with Crippen molar-refractivity contribution >= 4 is 11.9 Å². The van der Waals surface area contributed by atoms with Gasteiger partial charge >= 0.3 is 0 Å². The van der Waals surface area contributed by atoms with Crippen LogP contribution in [-0.2, 0) is 0 Å². The quantitative estimate of drug-likeness (QED) is 0.459. The number of nitro benzene ring substituents is 1. The molecule has 0 aromatic heterocycles. The van der Waals surface area contributed by atoms with E-state index in [-0.39, 0.29) is 12.3 Å². The standard InChI is InChI=1S/C17H18N2O5/c1-24-16-5-3-2-4-13(16)10-18-15(11-20)17(21)12-6-8-14(9-7-12)19(22)23/h2-10,15,17,20-21H,11H2,1H3. The van der Waals surface area contributed by atoms with Crippen molar-refractivity contribution in [3.8, 4) is 5.75 Å². The van der Waals surface area contributed by atoms with Crippen LogP contribution in [0.25, 0.3) is 0 Å². The summed E-state index contributed by atoms with van der Waals surface area (Å²) >= 11 is 0. The number of aliphatic hydroxyl groups excluding tert-OH is 2. The molecule has 7 heteroatoms. The Morgan fingerprint density at radius 2 is 1.92 bits per heavy atom. The average molecular weight is 330 g/mol. The molecular weight excluding hydrogens is 312 g/mol. The molecule has 0 saturated carbocycles. The second-order valence-electron chi connectivity index (χ2n) is 5.06. The number of hydrogen-bond donors (Lipinski definition) is 2. The van der Waals surface area contributed by atoms with Gasteiger partial charge in [-0.2, -0.15) is 0 Å². The highest BCUT2D eigenvalue weighted by Gasteiger charge is 2.20. The Morgan fingerprint density at radius 1 is 1.25 bits per heavy atom. The number of methoxy groups -OCH3 is 1. The van der Waals surface area contributed by atoms with Crippen LogP contribution in [0.2, 0.25) is 0 Å². The first-order valence-corrected chi connectivity index (χ1v) is 7.26. The highest BCUT2D eigenvalue weighted by Crippen LogP contribution is 2.22. The first-order valence-electron chi connectivity index (χ1n) is 7.26. The van der Waals surface area contributed by atoms with Crippen molar-refractivity contribution in [3.63, 3.8) is 0 Å². The van der Waals surface area contributed by atoms with E-state index in [0.29, 0.717) is 16.9 Å². The van der Waals surface area contributed by atoms with Gasteiger partial charge in [-0.05, 0) is 29.8 Å². The number of nitrogens with zero attached hydrogens (tertiary/aromatic N) is 2. The summed E-state index contributed by atoms with van der Waals surface area (Å²) in [4.78, 5) is 14.4. The minimum absolute atomic E-state index is 0.0657. The van der Waals surface area contributed by atoms with Gasteiger partial charge < -0.3 is 14.9 Å². The van der Waals surface area contributed by atoms with Gasteiger partial charge in [0.25, 0.3) is 5.69 Å². The molecule has 0 saturated heterocycles. The van der Waals surface area contributed by atoms with E-state index in [9.17, 15) is 20.3 Å². The van der Waals surface area contributed by atoms with Crippen molar-refractivity contribution in [1.82, 2.24) is 0 Å². The van der Waals surface area contributed by atoms with Crippen molar-refractivity contribution < 1.29 is 19.9 Å². The number of aliphatic hydroxyl groups is 2. The number of nitro groups is 1. The van der Waals surface area contributed by atoms with Crippen LogP contribution >= 0.6 is 0 Å². The molecule has 0 bridgehead atoms. The smallest absolute Gasteiger partial charge is 0.269 e. The van der Waals surface area contributed by atoms with E-state index < -0.39 is 17.1 Å². The molecule has 126 valence electrons. The summed E-state index contributed by atoms with van der Waals surface area (Å²) in [5, 5.41) is 30.5. The Labute approximate surface area is 139 Å². The third-order valence-electron chi connectivity index (χ3n) is 3.54. The third-order valence-corrected chi connectivity index (χ3v) is 3.54. The van der Waals surface area contributed by atoms with Crippen molar-refractivity contribution in [3.05, 3.63) is 69.8 Å². The number of aliphatic imine (C=N–C) groups is 1. The van der Waals surface area contributed by atoms with Crippen molar-refractivity contribution in [2.75, 3.05) is 13.7 Å². The molecule has 0 aliphatic rings. The largest absolute Gasteiger partial charge is 0.496 e. The molecule has 2 atom stereocenters. The normalized spacial score (nSPS) is 13.6. The Hall–Kier alpha value is -2.77. The van der Waals surface area contributed by atoms with Crippen molar-refractivity contribution in [2.24, 2.45) is 4.99 Å². The van der Waals surface area contributed by atoms with E-state index in [1.165, 1.54) is 30.5 Å². The molecule has 2 unspecified atom stereocenters. The fraction of sp³-hybridized carbons (Fsp3) is 0.235. The first-order chi connectivity index (χ1) is 11.6. The van der Waals surface area contributed by atoms with E-state index in [4.69, 9.17) is 4.74 Å². The molecule has 0 amide bonds. The molecule has 0 spiro atoms. The maximum absolute atomic E-state index is 10.7. The zero-order valence-electron chi connectivity index (χ0n) is 13.1. The first kappa shape index (κ1) is 17.6. The van der Waals surface area contributed by atoms with Crippen LogP contribution in [0.5, 0.6) is 5.75 Å².